The Morgan fingerprint density at radius 3 is 3.14 bits per heavy atom. The molecule has 1 aliphatic rings. The number of nitrogens with one attached hydrogen (secondary N) is 1. The molecule has 1 aromatic rings. The van der Waals surface area contributed by atoms with Gasteiger partial charge in [0, 0.05) is 31.0 Å². The van der Waals surface area contributed by atoms with Gasteiger partial charge in [-0.05, 0) is 25.5 Å². The highest BCUT2D eigenvalue weighted by molar-refractivity contribution is 5.85. The first-order chi connectivity index (χ1) is 6.40. The van der Waals surface area contributed by atoms with Gasteiger partial charge < -0.3 is 5.73 Å². The second-order valence-electron chi connectivity index (χ2n) is 3.58. The Morgan fingerprint density at radius 1 is 1.64 bits per heavy atom. The summed E-state index contributed by atoms with van der Waals surface area (Å²) in [5.74, 6) is 0. The van der Waals surface area contributed by atoms with Crippen LogP contribution in [0.25, 0.3) is 0 Å². The van der Waals surface area contributed by atoms with E-state index in [1.54, 1.807) is 6.20 Å². The van der Waals surface area contributed by atoms with Crippen molar-refractivity contribution in [2.75, 3.05) is 13.1 Å². The van der Waals surface area contributed by atoms with Crippen LogP contribution in [-0.2, 0) is 6.54 Å². The molecule has 1 atom stereocenters. The summed E-state index contributed by atoms with van der Waals surface area (Å²) in [5, 5.41) is 6.91. The average molecular weight is 217 g/mol. The molecular weight excluding hydrogens is 200 g/mol. The minimum Gasteiger partial charge on any atom is -0.329 e. The van der Waals surface area contributed by atoms with Crippen molar-refractivity contribution < 1.29 is 0 Å². The molecule has 0 bridgehead atoms. The van der Waals surface area contributed by atoms with Crippen LogP contribution in [0.1, 0.15) is 18.5 Å². The van der Waals surface area contributed by atoms with E-state index in [1.807, 2.05) is 6.07 Å². The van der Waals surface area contributed by atoms with E-state index in [0.29, 0.717) is 6.04 Å². The zero-order chi connectivity index (χ0) is 9.10. The van der Waals surface area contributed by atoms with E-state index in [4.69, 9.17) is 5.73 Å². The molecule has 2 heterocycles. The predicted octanol–water partition coefficient (Wildman–Crippen LogP) is 0.755. The average Bonchev–Trinajstić information content (AvgIpc) is 2.76. The molecule has 5 heteroatoms. The molecular formula is C9H17ClN4. The number of rotatable bonds is 3. The van der Waals surface area contributed by atoms with Crippen LogP contribution in [0.2, 0.25) is 0 Å². The molecule has 3 N–H and O–H groups in total. The van der Waals surface area contributed by atoms with E-state index in [1.165, 1.54) is 25.1 Å². The second kappa shape index (κ2) is 5.34. The van der Waals surface area contributed by atoms with Gasteiger partial charge in [-0.3, -0.25) is 10.00 Å². The highest BCUT2D eigenvalue weighted by Crippen LogP contribution is 2.17. The number of likely N-dealkylation sites (tertiary alicyclic amines) is 1. The van der Waals surface area contributed by atoms with Crippen LogP contribution >= 0.6 is 12.4 Å². The maximum absolute atomic E-state index is 5.69. The van der Waals surface area contributed by atoms with E-state index in [-0.39, 0.29) is 12.4 Å². The Balaban J connectivity index is 0.000000980. The summed E-state index contributed by atoms with van der Waals surface area (Å²) in [6.45, 7) is 2.90. The summed E-state index contributed by atoms with van der Waals surface area (Å²) < 4.78 is 0. The molecule has 80 valence electrons. The van der Waals surface area contributed by atoms with Gasteiger partial charge in [0.1, 0.15) is 0 Å². The lowest BCUT2D eigenvalue weighted by atomic mass is 10.2. The van der Waals surface area contributed by atoms with Crippen molar-refractivity contribution in [3.8, 4) is 0 Å². The van der Waals surface area contributed by atoms with Crippen LogP contribution in [0.3, 0.4) is 0 Å². The van der Waals surface area contributed by atoms with Crippen LogP contribution in [0.5, 0.6) is 0 Å². The van der Waals surface area contributed by atoms with Crippen molar-refractivity contribution in [2.45, 2.75) is 25.4 Å². The molecule has 14 heavy (non-hydrogen) atoms. The molecule has 0 aromatic carbocycles. The maximum Gasteiger partial charge on any atom is 0.0492 e. The van der Waals surface area contributed by atoms with Crippen LogP contribution in [0.15, 0.2) is 12.3 Å². The summed E-state index contributed by atoms with van der Waals surface area (Å²) in [4.78, 5) is 2.42. The SMILES string of the molecule is Cl.NCC1CCCN1Cc1ccn[nH]1. The topological polar surface area (TPSA) is 57.9 Å². The van der Waals surface area contributed by atoms with Crippen molar-refractivity contribution in [2.24, 2.45) is 5.73 Å². The van der Waals surface area contributed by atoms with Crippen LogP contribution in [-0.4, -0.2) is 34.2 Å². The van der Waals surface area contributed by atoms with Gasteiger partial charge in [-0.1, -0.05) is 0 Å². The number of halogens is 1. The van der Waals surface area contributed by atoms with E-state index in [0.717, 1.165) is 13.1 Å². The van der Waals surface area contributed by atoms with Crippen LogP contribution in [0, 0.1) is 0 Å². The normalized spacial score (nSPS) is 22.2. The van der Waals surface area contributed by atoms with Gasteiger partial charge in [-0.15, -0.1) is 12.4 Å². The lowest BCUT2D eigenvalue weighted by molar-refractivity contribution is 0.247. The molecule has 1 unspecified atom stereocenters. The number of nitrogens with zero attached hydrogens (tertiary/aromatic N) is 2. The third-order valence-electron chi connectivity index (χ3n) is 2.70. The summed E-state index contributed by atoms with van der Waals surface area (Å²) >= 11 is 0. The highest BCUT2D eigenvalue weighted by atomic mass is 35.5. The van der Waals surface area contributed by atoms with Crippen LogP contribution < -0.4 is 5.73 Å². The van der Waals surface area contributed by atoms with Crippen molar-refractivity contribution in [1.29, 1.82) is 0 Å². The standard InChI is InChI=1S/C9H16N4.ClH/c10-6-9-2-1-5-13(9)7-8-3-4-11-12-8;/h3-4,9H,1-2,5-7,10H2,(H,11,12);1H. The number of hydrogen-bond donors (Lipinski definition) is 2. The highest BCUT2D eigenvalue weighted by Gasteiger charge is 2.22. The predicted molar refractivity (Wildman–Crippen MR) is 58.3 cm³/mol. The van der Waals surface area contributed by atoms with E-state index < -0.39 is 0 Å². The molecule has 1 aromatic heterocycles. The van der Waals surface area contributed by atoms with E-state index in [2.05, 4.69) is 15.1 Å². The van der Waals surface area contributed by atoms with Gasteiger partial charge in [0.15, 0.2) is 0 Å². The Bertz CT molecular complexity index is 249. The van der Waals surface area contributed by atoms with Gasteiger partial charge in [0.2, 0.25) is 0 Å². The molecule has 0 spiro atoms. The van der Waals surface area contributed by atoms with Crippen LogP contribution in [0.4, 0.5) is 0 Å². The smallest absolute Gasteiger partial charge is 0.0492 e. The summed E-state index contributed by atoms with van der Waals surface area (Å²) in [5.41, 5.74) is 6.87. The summed E-state index contributed by atoms with van der Waals surface area (Å²) in [6, 6.07) is 2.59. The van der Waals surface area contributed by atoms with Crippen molar-refractivity contribution >= 4 is 12.4 Å². The number of nitrogens with two attached hydrogens (primary N) is 1. The fourth-order valence-electron chi connectivity index (χ4n) is 1.96. The number of aromatic amines is 1. The largest absolute Gasteiger partial charge is 0.329 e. The summed E-state index contributed by atoms with van der Waals surface area (Å²) in [6.07, 6.45) is 4.31. The minimum atomic E-state index is 0. The molecule has 0 radical (unpaired) electrons. The zero-order valence-corrected chi connectivity index (χ0v) is 8.96. The number of hydrogen-bond acceptors (Lipinski definition) is 3. The molecule has 1 aliphatic heterocycles. The molecule has 1 fully saturated rings. The second-order valence-corrected chi connectivity index (χ2v) is 3.58. The molecule has 0 aliphatic carbocycles. The number of aromatic nitrogens is 2. The Labute approximate surface area is 90.3 Å². The molecule has 1 saturated heterocycles. The van der Waals surface area contributed by atoms with Gasteiger partial charge in [0.25, 0.3) is 0 Å². The Hall–Kier alpha value is -0.580. The van der Waals surface area contributed by atoms with E-state index >= 15 is 0 Å². The van der Waals surface area contributed by atoms with Gasteiger partial charge in [-0.25, -0.2) is 0 Å². The number of H-pyrrole nitrogens is 1. The van der Waals surface area contributed by atoms with Gasteiger partial charge in [-0.2, -0.15) is 5.10 Å². The summed E-state index contributed by atoms with van der Waals surface area (Å²) in [7, 11) is 0. The van der Waals surface area contributed by atoms with Crippen molar-refractivity contribution in [1.82, 2.24) is 15.1 Å². The first-order valence-corrected chi connectivity index (χ1v) is 4.82. The third kappa shape index (κ3) is 2.47. The molecule has 0 saturated carbocycles. The molecule has 0 amide bonds. The third-order valence-corrected chi connectivity index (χ3v) is 2.70. The van der Waals surface area contributed by atoms with Crippen molar-refractivity contribution in [3.63, 3.8) is 0 Å². The fraction of sp³-hybridized carbons (Fsp3) is 0.667. The zero-order valence-electron chi connectivity index (χ0n) is 8.15. The first-order valence-electron chi connectivity index (χ1n) is 4.82. The molecule has 2 rings (SSSR count). The lowest BCUT2D eigenvalue weighted by Gasteiger charge is -2.21. The molecule has 4 nitrogen and oxygen atoms in total. The van der Waals surface area contributed by atoms with Gasteiger partial charge >= 0.3 is 0 Å². The lowest BCUT2D eigenvalue weighted by Crippen LogP contribution is -2.34. The minimum absolute atomic E-state index is 0. The Kier molecular flexibility index (Phi) is 4.38. The van der Waals surface area contributed by atoms with Crippen molar-refractivity contribution in [3.05, 3.63) is 18.0 Å². The first kappa shape index (κ1) is 11.5. The fourth-order valence-corrected chi connectivity index (χ4v) is 1.96. The quantitative estimate of drug-likeness (QED) is 0.784. The van der Waals surface area contributed by atoms with Gasteiger partial charge in [0.05, 0.1) is 0 Å². The maximum atomic E-state index is 5.69. The Morgan fingerprint density at radius 2 is 2.50 bits per heavy atom. The van der Waals surface area contributed by atoms with E-state index in [9.17, 15) is 0 Å². The monoisotopic (exact) mass is 216 g/mol.